The molecule has 0 saturated heterocycles. The second kappa shape index (κ2) is 11.9. The second-order valence-electron chi connectivity index (χ2n) is 9.41. The summed E-state index contributed by atoms with van der Waals surface area (Å²) in [4.78, 5) is 28.6. The first-order valence-corrected chi connectivity index (χ1v) is 12.3. The molecule has 2 heterocycles. The van der Waals surface area contributed by atoms with Gasteiger partial charge in [-0.3, -0.25) is 9.59 Å². The molecular weight excluding hydrogens is 485 g/mol. The van der Waals surface area contributed by atoms with Crippen LogP contribution in [0.1, 0.15) is 59.5 Å². The number of halogens is 3. The van der Waals surface area contributed by atoms with Crippen LogP contribution in [0.3, 0.4) is 0 Å². The molecule has 2 aromatic heterocycles. The molecule has 3 rings (SSSR count). The van der Waals surface area contributed by atoms with E-state index in [2.05, 4.69) is 15.6 Å². The number of aryl methyl sites for hydroxylation is 1. The van der Waals surface area contributed by atoms with Gasteiger partial charge in [-0.1, -0.05) is 18.2 Å². The number of carbonyl (C=O) groups is 1. The van der Waals surface area contributed by atoms with Gasteiger partial charge in [-0.05, 0) is 65.3 Å². The number of pyridine rings is 1. The molecular formula is C27H35F3N4O3. The number of aromatic amines is 1. The van der Waals surface area contributed by atoms with Crippen molar-refractivity contribution in [2.75, 3.05) is 20.7 Å². The smallest absolute Gasteiger partial charge is 0.389 e. The molecule has 0 radical (unpaired) electrons. The topological polar surface area (TPSA) is 88.2 Å². The third-order valence-electron chi connectivity index (χ3n) is 6.91. The number of hydrogen-bond donors (Lipinski definition) is 3. The van der Waals surface area contributed by atoms with Gasteiger partial charge in [-0.25, -0.2) is 0 Å². The highest BCUT2D eigenvalue weighted by Gasteiger charge is 2.32. The summed E-state index contributed by atoms with van der Waals surface area (Å²) in [5, 5.41) is 6.57. The first kappa shape index (κ1) is 28.3. The lowest BCUT2D eigenvalue weighted by Crippen LogP contribution is -2.28. The lowest BCUT2D eigenvalue weighted by atomic mass is 9.91. The molecule has 7 nitrogen and oxygen atoms in total. The van der Waals surface area contributed by atoms with E-state index >= 15 is 0 Å². The van der Waals surface area contributed by atoms with Crippen LogP contribution in [0.4, 0.5) is 13.2 Å². The predicted octanol–water partition coefficient (Wildman–Crippen LogP) is 5.01. The fraction of sp³-hybridized carbons (Fsp3) is 0.481. The largest absolute Gasteiger partial charge is 0.496 e. The maximum atomic E-state index is 13.4. The van der Waals surface area contributed by atoms with Gasteiger partial charge in [0.1, 0.15) is 5.75 Å². The Balaban J connectivity index is 1.96. The minimum absolute atomic E-state index is 0.00415. The maximum absolute atomic E-state index is 13.4. The van der Waals surface area contributed by atoms with Crippen molar-refractivity contribution in [1.82, 2.24) is 20.2 Å². The molecule has 3 N–H and O–H groups in total. The fourth-order valence-electron chi connectivity index (χ4n) is 5.01. The minimum Gasteiger partial charge on any atom is -0.496 e. The molecule has 37 heavy (non-hydrogen) atoms. The standard InChI is InChI=1S/C27H35F3N4O3/c1-16-14-23(37-5)21(25(35)33-16)15-32-26(36)24-18(3)34(22-9-7-6-8-20(22)24)17(2)19(11-13-31-4)10-12-27(28,29)30/h6-9,14,17,19,31H,10-13,15H2,1-5H3,(H,32,36)(H,33,35)/t17-,19-/m1/s1. The van der Waals surface area contributed by atoms with E-state index in [9.17, 15) is 22.8 Å². The van der Waals surface area contributed by atoms with E-state index in [1.165, 1.54) is 7.11 Å². The van der Waals surface area contributed by atoms with Gasteiger partial charge in [-0.15, -0.1) is 0 Å². The molecule has 0 saturated carbocycles. The van der Waals surface area contributed by atoms with Crippen molar-refractivity contribution in [1.29, 1.82) is 0 Å². The van der Waals surface area contributed by atoms with Crippen molar-refractivity contribution in [3.05, 3.63) is 63.2 Å². The van der Waals surface area contributed by atoms with Crippen molar-refractivity contribution < 1.29 is 22.7 Å². The number of aromatic nitrogens is 2. The first-order valence-electron chi connectivity index (χ1n) is 12.3. The Kier molecular flexibility index (Phi) is 9.07. The van der Waals surface area contributed by atoms with E-state index in [0.29, 0.717) is 46.6 Å². The summed E-state index contributed by atoms with van der Waals surface area (Å²) in [5.74, 6) is -0.245. The number of amides is 1. The van der Waals surface area contributed by atoms with E-state index in [1.807, 2.05) is 42.7 Å². The van der Waals surface area contributed by atoms with Crippen molar-refractivity contribution in [3.8, 4) is 5.75 Å². The lowest BCUT2D eigenvalue weighted by Gasteiger charge is -2.28. The molecule has 0 aliphatic carbocycles. The first-order chi connectivity index (χ1) is 17.5. The number of benzene rings is 1. The van der Waals surface area contributed by atoms with Gasteiger partial charge in [0.25, 0.3) is 11.5 Å². The third kappa shape index (κ3) is 6.54. The Hall–Kier alpha value is -3.27. The van der Waals surface area contributed by atoms with Gasteiger partial charge >= 0.3 is 6.18 Å². The van der Waals surface area contributed by atoms with Gasteiger partial charge in [0, 0.05) is 34.8 Å². The Labute approximate surface area is 214 Å². The number of fused-ring (bicyclic) bond motifs is 1. The Morgan fingerprint density at radius 1 is 1.19 bits per heavy atom. The zero-order valence-corrected chi connectivity index (χ0v) is 21.9. The molecule has 0 fully saturated rings. The van der Waals surface area contributed by atoms with Crippen LogP contribution in [-0.2, 0) is 6.54 Å². The number of nitrogens with one attached hydrogen (secondary N) is 3. The second-order valence-corrected chi connectivity index (χ2v) is 9.41. The minimum atomic E-state index is -4.23. The molecule has 1 amide bonds. The number of methoxy groups -OCH3 is 1. The van der Waals surface area contributed by atoms with Crippen LogP contribution in [0.2, 0.25) is 0 Å². The summed E-state index contributed by atoms with van der Waals surface area (Å²) in [6.45, 7) is 6.01. The van der Waals surface area contributed by atoms with E-state index in [1.54, 1.807) is 20.0 Å². The van der Waals surface area contributed by atoms with Crippen molar-refractivity contribution in [2.24, 2.45) is 5.92 Å². The maximum Gasteiger partial charge on any atom is 0.389 e. The van der Waals surface area contributed by atoms with E-state index < -0.39 is 12.6 Å². The zero-order valence-electron chi connectivity index (χ0n) is 21.9. The quantitative estimate of drug-likeness (QED) is 0.332. The van der Waals surface area contributed by atoms with Crippen LogP contribution < -0.4 is 20.9 Å². The summed E-state index contributed by atoms with van der Waals surface area (Å²) in [5.41, 5.74) is 2.48. The van der Waals surface area contributed by atoms with Crippen molar-refractivity contribution >= 4 is 16.8 Å². The summed E-state index contributed by atoms with van der Waals surface area (Å²) in [7, 11) is 3.24. The Morgan fingerprint density at radius 2 is 1.89 bits per heavy atom. The van der Waals surface area contributed by atoms with Crippen molar-refractivity contribution in [3.63, 3.8) is 0 Å². The molecule has 2 atom stereocenters. The molecule has 0 unspecified atom stereocenters. The fourth-order valence-corrected chi connectivity index (χ4v) is 5.01. The summed E-state index contributed by atoms with van der Waals surface area (Å²) < 4.78 is 46.5. The van der Waals surface area contributed by atoms with Gasteiger partial charge < -0.3 is 24.9 Å². The molecule has 0 aliphatic heterocycles. The number of hydrogen-bond acceptors (Lipinski definition) is 4. The summed E-state index contributed by atoms with van der Waals surface area (Å²) in [6.07, 6.45) is -4.53. The summed E-state index contributed by atoms with van der Waals surface area (Å²) >= 11 is 0. The van der Waals surface area contributed by atoms with E-state index in [4.69, 9.17) is 4.74 Å². The SMILES string of the molecule is CNCC[C@@H](CCC(F)(F)F)[C@@H](C)n1c(C)c(C(=O)NCc2c(OC)cc(C)[nH]c2=O)c2ccccc21. The average Bonchev–Trinajstić information content (AvgIpc) is 3.13. The van der Waals surface area contributed by atoms with Crippen LogP contribution >= 0.6 is 0 Å². The number of para-hydroxylation sites is 1. The van der Waals surface area contributed by atoms with Crippen LogP contribution in [0.15, 0.2) is 35.1 Å². The van der Waals surface area contributed by atoms with Crippen LogP contribution in [0.25, 0.3) is 10.9 Å². The van der Waals surface area contributed by atoms with Gasteiger partial charge in [0.05, 0.1) is 24.8 Å². The Bertz CT molecular complexity index is 1300. The molecule has 3 aromatic rings. The number of carbonyl (C=O) groups excluding carboxylic acids is 1. The molecule has 1 aromatic carbocycles. The van der Waals surface area contributed by atoms with Gasteiger partial charge in [0.2, 0.25) is 0 Å². The van der Waals surface area contributed by atoms with E-state index in [-0.39, 0.29) is 36.4 Å². The van der Waals surface area contributed by atoms with Gasteiger partial charge in [-0.2, -0.15) is 13.2 Å². The number of ether oxygens (including phenoxy) is 1. The lowest BCUT2D eigenvalue weighted by molar-refractivity contribution is -0.138. The van der Waals surface area contributed by atoms with Crippen molar-refractivity contribution in [2.45, 2.75) is 58.8 Å². The predicted molar refractivity (Wildman–Crippen MR) is 138 cm³/mol. The number of nitrogens with zero attached hydrogens (tertiary/aromatic N) is 1. The third-order valence-corrected chi connectivity index (χ3v) is 6.91. The number of rotatable bonds is 11. The highest BCUT2D eigenvalue weighted by Crippen LogP contribution is 2.36. The number of H-pyrrole nitrogens is 1. The zero-order chi connectivity index (χ0) is 27.3. The normalized spacial score (nSPS) is 13.5. The molecule has 10 heteroatoms. The summed E-state index contributed by atoms with van der Waals surface area (Å²) in [6, 6.07) is 8.79. The highest BCUT2D eigenvalue weighted by molar-refractivity contribution is 6.08. The Morgan fingerprint density at radius 3 is 2.54 bits per heavy atom. The van der Waals surface area contributed by atoms with E-state index in [0.717, 1.165) is 5.52 Å². The van der Waals surface area contributed by atoms with Gasteiger partial charge in [0.15, 0.2) is 0 Å². The molecule has 0 aliphatic rings. The average molecular weight is 521 g/mol. The van der Waals surface area contributed by atoms with Crippen LogP contribution in [0.5, 0.6) is 5.75 Å². The highest BCUT2D eigenvalue weighted by atomic mass is 19.4. The monoisotopic (exact) mass is 520 g/mol. The molecule has 0 spiro atoms. The van der Waals surface area contributed by atoms with Crippen LogP contribution in [-0.4, -0.2) is 42.3 Å². The van der Waals surface area contributed by atoms with Crippen LogP contribution in [0, 0.1) is 19.8 Å². The molecule has 202 valence electrons. The number of alkyl halides is 3. The molecule has 0 bridgehead atoms.